The van der Waals surface area contributed by atoms with E-state index in [1.165, 1.54) is 0 Å². The summed E-state index contributed by atoms with van der Waals surface area (Å²) in [5, 5.41) is 11.3. The van der Waals surface area contributed by atoms with E-state index in [1.54, 1.807) is 17.2 Å². The summed E-state index contributed by atoms with van der Waals surface area (Å²) in [7, 11) is 0. The third-order valence-electron chi connectivity index (χ3n) is 4.04. The first-order chi connectivity index (χ1) is 10.2. The minimum atomic E-state index is -1.02. The molecule has 110 valence electrons. The lowest BCUT2D eigenvalue weighted by Crippen LogP contribution is -2.45. The molecule has 0 bridgehead atoms. The van der Waals surface area contributed by atoms with Crippen LogP contribution >= 0.6 is 0 Å². The fraction of sp³-hybridized carbons (Fsp3) is 0.375. The van der Waals surface area contributed by atoms with Gasteiger partial charge in [-0.1, -0.05) is 18.2 Å². The smallest absolute Gasteiger partial charge is 0.242 e. The molecule has 0 aliphatic carbocycles. The van der Waals surface area contributed by atoms with E-state index >= 15 is 0 Å². The molecule has 2 heterocycles. The molecule has 0 saturated carbocycles. The highest BCUT2D eigenvalue weighted by atomic mass is 16.3. The minimum absolute atomic E-state index is 0.180. The van der Waals surface area contributed by atoms with Crippen molar-refractivity contribution in [2.24, 2.45) is 5.73 Å². The number of amides is 1. The molecule has 1 fully saturated rings. The van der Waals surface area contributed by atoms with Crippen LogP contribution in [0.2, 0.25) is 0 Å². The van der Waals surface area contributed by atoms with Crippen molar-refractivity contribution in [1.29, 1.82) is 0 Å². The molecule has 1 amide bonds. The Kier molecular flexibility index (Phi) is 3.86. The van der Waals surface area contributed by atoms with Crippen LogP contribution in [0.15, 0.2) is 36.5 Å². The van der Waals surface area contributed by atoms with Gasteiger partial charge in [0, 0.05) is 24.7 Å². The van der Waals surface area contributed by atoms with Gasteiger partial charge in [0.15, 0.2) is 0 Å². The highest BCUT2D eigenvalue weighted by Gasteiger charge is 2.30. The van der Waals surface area contributed by atoms with Gasteiger partial charge in [0.05, 0.1) is 5.52 Å². The lowest BCUT2D eigenvalue weighted by molar-refractivity contribution is -0.134. The van der Waals surface area contributed by atoms with Gasteiger partial charge in [0.25, 0.3) is 0 Å². The van der Waals surface area contributed by atoms with Crippen LogP contribution in [-0.2, 0) is 4.79 Å². The van der Waals surface area contributed by atoms with Crippen LogP contribution < -0.4 is 5.73 Å². The highest BCUT2D eigenvalue weighted by molar-refractivity contribution is 5.86. The molecule has 2 aromatic rings. The van der Waals surface area contributed by atoms with E-state index in [-0.39, 0.29) is 5.91 Å². The molecule has 1 aliphatic heterocycles. The number of aliphatic hydroxyl groups excluding tert-OH is 1. The van der Waals surface area contributed by atoms with Crippen molar-refractivity contribution in [3.8, 4) is 0 Å². The lowest BCUT2D eigenvalue weighted by Gasteiger charge is -2.24. The third kappa shape index (κ3) is 2.62. The summed E-state index contributed by atoms with van der Waals surface area (Å²) in [6.07, 6.45) is 2.62. The monoisotopic (exact) mass is 285 g/mol. The summed E-state index contributed by atoms with van der Waals surface area (Å²) in [4.78, 5) is 18.3. The quantitative estimate of drug-likeness (QED) is 0.888. The molecule has 21 heavy (non-hydrogen) atoms. The topological polar surface area (TPSA) is 79.5 Å². The van der Waals surface area contributed by atoms with Crippen LogP contribution in [0.25, 0.3) is 10.9 Å². The van der Waals surface area contributed by atoms with Crippen molar-refractivity contribution in [3.05, 3.63) is 42.1 Å². The molecular formula is C16H19N3O2. The second-order valence-corrected chi connectivity index (χ2v) is 5.42. The Balaban J connectivity index is 1.89. The summed E-state index contributed by atoms with van der Waals surface area (Å²) in [6.45, 7) is 1.46. The van der Waals surface area contributed by atoms with Gasteiger partial charge in [-0.05, 0) is 30.5 Å². The first-order valence-corrected chi connectivity index (χ1v) is 7.24. The standard InChI is InChI=1S/C16H19N3O2/c17-14(16(21)19-9-3-4-10-19)15(20)12-7-8-18-13-6-2-1-5-11(12)13/h1-2,5-8,14-15,20H,3-4,9-10,17H2. The Hall–Kier alpha value is -1.98. The number of likely N-dealkylation sites (tertiary alicyclic amines) is 1. The van der Waals surface area contributed by atoms with Crippen molar-refractivity contribution in [2.45, 2.75) is 25.0 Å². The number of fused-ring (bicyclic) bond motifs is 1. The second-order valence-electron chi connectivity index (χ2n) is 5.42. The van der Waals surface area contributed by atoms with E-state index in [0.29, 0.717) is 5.56 Å². The molecule has 5 nitrogen and oxygen atoms in total. The zero-order valence-electron chi connectivity index (χ0n) is 11.8. The van der Waals surface area contributed by atoms with E-state index in [1.807, 2.05) is 24.3 Å². The molecule has 1 aromatic carbocycles. The Labute approximate surface area is 123 Å². The van der Waals surface area contributed by atoms with E-state index in [4.69, 9.17) is 5.73 Å². The van der Waals surface area contributed by atoms with E-state index in [9.17, 15) is 9.90 Å². The van der Waals surface area contributed by atoms with Gasteiger partial charge in [-0.3, -0.25) is 9.78 Å². The largest absolute Gasteiger partial charge is 0.386 e. The van der Waals surface area contributed by atoms with E-state index < -0.39 is 12.1 Å². The number of benzene rings is 1. The molecule has 0 spiro atoms. The molecule has 2 atom stereocenters. The Bertz CT molecular complexity index is 648. The van der Waals surface area contributed by atoms with Crippen LogP contribution in [0.1, 0.15) is 24.5 Å². The van der Waals surface area contributed by atoms with Gasteiger partial charge in [-0.15, -0.1) is 0 Å². The number of carbonyl (C=O) groups is 1. The molecule has 0 radical (unpaired) electrons. The Morgan fingerprint density at radius 2 is 1.95 bits per heavy atom. The summed E-state index contributed by atoms with van der Waals surface area (Å²) < 4.78 is 0. The number of hydrogen-bond acceptors (Lipinski definition) is 4. The number of rotatable bonds is 3. The normalized spacial score (nSPS) is 17.9. The summed E-state index contributed by atoms with van der Waals surface area (Å²) in [5.74, 6) is -0.180. The molecule has 2 unspecified atom stereocenters. The van der Waals surface area contributed by atoms with Gasteiger partial charge in [0.1, 0.15) is 12.1 Å². The zero-order valence-corrected chi connectivity index (χ0v) is 11.8. The number of nitrogens with two attached hydrogens (primary N) is 1. The average molecular weight is 285 g/mol. The Morgan fingerprint density at radius 1 is 1.24 bits per heavy atom. The molecular weight excluding hydrogens is 266 g/mol. The van der Waals surface area contributed by atoms with Gasteiger partial charge in [-0.25, -0.2) is 0 Å². The third-order valence-corrected chi connectivity index (χ3v) is 4.04. The van der Waals surface area contributed by atoms with Crippen LogP contribution in [0.3, 0.4) is 0 Å². The van der Waals surface area contributed by atoms with Crippen LogP contribution in [-0.4, -0.2) is 40.0 Å². The van der Waals surface area contributed by atoms with Crippen LogP contribution in [0.4, 0.5) is 0 Å². The Morgan fingerprint density at radius 3 is 2.71 bits per heavy atom. The maximum absolute atomic E-state index is 12.3. The number of aliphatic hydroxyl groups is 1. The first-order valence-electron chi connectivity index (χ1n) is 7.24. The predicted molar refractivity (Wildman–Crippen MR) is 80.5 cm³/mol. The number of nitrogens with zero attached hydrogens (tertiary/aromatic N) is 2. The molecule has 1 saturated heterocycles. The fourth-order valence-corrected chi connectivity index (χ4v) is 2.85. The van der Waals surface area contributed by atoms with E-state index in [2.05, 4.69) is 4.98 Å². The number of aromatic nitrogens is 1. The minimum Gasteiger partial charge on any atom is -0.386 e. The summed E-state index contributed by atoms with van der Waals surface area (Å²) in [6, 6.07) is 8.32. The van der Waals surface area contributed by atoms with Crippen molar-refractivity contribution in [1.82, 2.24) is 9.88 Å². The molecule has 5 heteroatoms. The van der Waals surface area contributed by atoms with Gasteiger partial charge in [0.2, 0.25) is 5.91 Å². The molecule has 1 aliphatic rings. The highest BCUT2D eigenvalue weighted by Crippen LogP contribution is 2.25. The lowest BCUT2D eigenvalue weighted by atomic mass is 9.98. The zero-order chi connectivity index (χ0) is 14.8. The van der Waals surface area contributed by atoms with Crippen molar-refractivity contribution in [2.75, 3.05) is 13.1 Å². The van der Waals surface area contributed by atoms with Crippen molar-refractivity contribution in [3.63, 3.8) is 0 Å². The predicted octanol–water partition coefficient (Wildman–Crippen LogP) is 1.22. The maximum atomic E-state index is 12.3. The first kappa shape index (κ1) is 14.0. The SMILES string of the molecule is NC(C(=O)N1CCCC1)C(O)c1ccnc2ccccc12. The molecule has 1 aromatic heterocycles. The van der Waals surface area contributed by atoms with Crippen LogP contribution in [0, 0.1) is 0 Å². The van der Waals surface area contributed by atoms with Crippen LogP contribution in [0.5, 0.6) is 0 Å². The van der Waals surface area contributed by atoms with Crippen molar-refractivity contribution >= 4 is 16.8 Å². The van der Waals surface area contributed by atoms with E-state index in [0.717, 1.165) is 36.8 Å². The number of carbonyl (C=O) groups excluding carboxylic acids is 1. The number of hydrogen-bond donors (Lipinski definition) is 2. The fourth-order valence-electron chi connectivity index (χ4n) is 2.85. The maximum Gasteiger partial charge on any atom is 0.242 e. The second kappa shape index (κ2) is 5.79. The number of pyridine rings is 1. The van der Waals surface area contributed by atoms with Gasteiger partial charge in [-0.2, -0.15) is 0 Å². The summed E-state index contributed by atoms with van der Waals surface area (Å²) >= 11 is 0. The number of para-hydroxylation sites is 1. The molecule has 3 N–H and O–H groups in total. The molecule has 3 rings (SSSR count). The van der Waals surface area contributed by atoms with Gasteiger partial charge < -0.3 is 15.7 Å². The average Bonchev–Trinajstić information content (AvgIpc) is 3.06. The summed E-state index contributed by atoms with van der Waals surface area (Å²) in [5.41, 5.74) is 7.44. The van der Waals surface area contributed by atoms with Crippen molar-refractivity contribution < 1.29 is 9.90 Å². The van der Waals surface area contributed by atoms with Gasteiger partial charge >= 0.3 is 0 Å².